The van der Waals surface area contributed by atoms with Gasteiger partial charge in [-0.2, -0.15) is 0 Å². The molecule has 0 radical (unpaired) electrons. The molecule has 1 rings (SSSR count). The molecule has 0 aliphatic carbocycles. The average Bonchev–Trinajstić information content (AvgIpc) is 1.69. The molecule has 0 spiro atoms. The van der Waals surface area contributed by atoms with Crippen molar-refractivity contribution >= 4 is 0 Å². The van der Waals surface area contributed by atoms with Gasteiger partial charge in [-0.25, -0.2) is 5.01 Å². The molecule has 1 aliphatic heterocycles. The molecule has 0 fully saturated rings. The monoisotopic (exact) mass is 98.1 g/mol. The molecule has 0 unspecified atom stereocenters. The summed E-state index contributed by atoms with van der Waals surface area (Å²) in [6.07, 6.45) is 5.35. The van der Waals surface area contributed by atoms with Crippen LogP contribution < -0.4 is 5.84 Å². The number of nitrogens with two attached hydrogens (primary N) is 1. The quantitative estimate of drug-likeness (QED) is 0.344. The van der Waals surface area contributed by atoms with E-state index in [1.54, 1.807) is 5.01 Å². The largest absolute Gasteiger partial charge is 0.268 e. The van der Waals surface area contributed by atoms with E-state index in [9.17, 15) is 0 Å². The van der Waals surface area contributed by atoms with Gasteiger partial charge >= 0.3 is 0 Å². The van der Waals surface area contributed by atoms with E-state index in [0.29, 0.717) is 0 Å². The van der Waals surface area contributed by atoms with Gasteiger partial charge in [0.05, 0.1) is 0 Å². The van der Waals surface area contributed by atoms with Crippen LogP contribution in [0.4, 0.5) is 0 Å². The fourth-order valence-electron chi connectivity index (χ4n) is 0.659. The lowest BCUT2D eigenvalue weighted by molar-refractivity contribution is 0.310. The molecule has 40 valence electrons. The lowest BCUT2D eigenvalue weighted by atomic mass is 10.3. The first kappa shape index (κ1) is 4.81. The minimum absolute atomic E-state index is 0.917. The van der Waals surface area contributed by atoms with E-state index in [1.165, 1.54) is 0 Å². The van der Waals surface area contributed by atoms with E-state index in [1.807, 2.05) is 0 Å². The molecular formula is C5H10N2. The average molecular weight is 98.1 g/mol. The lowest BCUT2D eigenvalue weighted by Crippen LogP contribution is -2.33. The van der Waals surface area contributed by atoms with Crippen LogP contribution in [0.25, 0.3) is 0 Å². The van der Waals surface area contributed by atoms with Crippen LogP contribution in [0.1, 0.15) is 6.42 Å². The molecule has 1 aliphatic rings. The normalized spacial score (nSPS) is 23.0. The molecule has 0 saturated carbocycles. The van der Waals surface area contributed by atoms with Gasteiger partial charge in [-0.05, 0) is 6.42 Å². The number of rotatable bonds is 0. The van der Waals surface area contributed by atoms with Crippen molar-refractivity contribution in [3.8, 4) is 0 Å². The van der Waals surface area contributed by atoms with Crippen LogP contribution in [0.15, 0.2) is 12.2 Å². The second kappa shape index (κ2) is 2.09. The van der Waals surface area contributed by atoms with Gasteiger partial charge in [-0.1, -0.05) is 12.2 Å². The Morgan fingerprint density at radius 2 is 2.29 bits per heavy atom. The molecule has 0 bridgehead atoms. The summed E-state index contributed by atoms with van der Waals surface area (Å²) in [5, 5.41) is 1.81. The zero-order valence-corrected chi connectivity index (χ0v) is 4.30. The Kier molecular flexibility index (Phi) is 1.44. The third kappa shape index (κ3) is 1.29. The van der Waals surface area contributed by atoms with Gasteiger partial charge in [-0.15, -0.1) is 0 Å². The Balaban J connectivity index is 2.32. The summed E-state index contributed by atoms with van der Waals surface area (Å²) < 4.78 is 0. The van der Waals surface area contributed by atoms with E-state index >= 15 is 0 Å². The number of hydrogen-bond donors (Lipinski definition) is 1. The standard InChI is InChI=1S/C5H10N2/c6-7-4-2-1-3-5-7/h1-2H,3-6H2. The highest BCUT2D eigenvalue weighted by Gasteiger charge is 1.96. The van der Waals surface area contributed by atoms with E-state index < -0.39 is 0 Å². The molecule has 0 saturated heterocycles. The van der Waals surface area contributed by atoms with Gasteiger partial charge in [0.2, 0.25) is 0 Å². The van der Waals surface area contributed by atoms with Crippen molar-refractivity contribution in [1.82, 2.24) is 5.01 Å². The smallest absolute Gasteiger partial charge is 0.0309 e. The van der Waals surface area contributed by atoms with Crippen LogP contribution in [0.3, 0.4) is 0 Å². The van der Waals surface area contributed by atoms with Crippen molar-refractivity contribution in [1.29, 1.82) is 0 Å². The Morgan fingerprint density at radius 1 is 1.43 bits per heavy atom. The first-order valence-corrected chi connectivity index (χ1v) is 2.54. The van der Waals surface area contributed by atoms with Crippen LogP contribution in [-0.2, 0) is 0 Å². The lowest BCUT2D eigenvalue weighted by Gasteiger charge is -2.15. The Morgan fingerprint density at radius 3 is 2.57 bits per heavy atom. The maximum Gasteiger partial charge on any atom is 0.0309 e. The zero-order valence-electron chi connectivity index (χ0n) is 4.30. The van der Waals surface area contributed by atoms with Crippen LogP contribution in [0.2, 0.25) is 0 Å². The molecule has 0 amide bonds. The molecule has 2 N–H and O–H groups in total. The number of hydrogen-bond acceptors (Lipinski definition) is 2. The van der Waals surface area contributed by atoms with E-state index in [4.69, 9.17) is 5.84 Å². The molecule has 0 atom stereocenters. The summed E-state index contributed by atoms with van der Waals surface area (Å²) in [6.45, 7) is 1.93. The highest BCUT2D eigenvalue weighted by Crippen LogP contribution is 1.92. The summed E-state index contributed by atoms with van der Waals surface area (Å²) in [5.74, 6) is 5.42. The van der Waals surface area contributed by atoms with Gasteiger partial charge in [0.15, 0.2) is 0 Å². The van der Waals surface area contributed by atoms with Crippen LogP contribution in [0, 0.1) is 0 Å². The number of hydrazine groups is 1. The molecule has 7 heavy (non-hydrogen) atoms. The molecule has 1 heterocycles. The molecule has 2 nitrogen and oxygen atoms in total. The van der Waals surface area contributed by atoms with Crippen LogP contribution in [0.5, 0.6) is 0 Å². The maximum atomic E-state index is 5.42. The number of nitrogens with zero attached hydrogens (tertiary/aromatic N) is 1. The van der Waals surface area contributed by atoms with E-state index in [2.05, 4.69) is 12.2 Å². The fraction of sp³-hybridized carbons (Fsp3) is 0.600. The zero-order chi connectivity index (χ0) is 5.11. The summed E-state index contributed by atoms with van der Waals surface area (Å²) in [6, 6.07) is 0. The second-order valence-electron chi connectivity index (χ2n) is 1.76. The molecular weight excluding hydrogens is 88.1 g/mol. The molecule has 0 aromatic heterocycles. The van der Waals surface area contributed by atoms with E-state index in [-0.39, 0.29) is 0 Å². The summed E-state index contributed by atoms with van der Waals surface area (Å²) in [7, 11) is 0. The minimum atomic E-state index is 0.917. The van der Waals surface area contributed by atoms with Gasteiger partial charge in [0.25, 0.3) is 0 Å². The molecule has 0 aromatic rings. The Labute approximate surface area is 43.6 Å². The minimum Gasteiger partial charge on any atom is -0.268 e. The van der Waals surface area contributed by atoms with Crippen molar-refractivity contribution in [3.63, 3.8) is 0 Å². The summed E-state index contributed by atoms with van der Waals surface area (Å²) >= 11 is 0. The van der Waals surface area contributed by atoms with Gasteiger partial charge in [0.1, 0.15) is 0 Å². The van der Waals surface area contributed by atoms with Gasteiger partial charge < -0.3 is 0 Å². The van der Waals surface area contributed by atoms with Gasteiger partial charge in [0, 0.05) is 13.1 Å². The van der Waals surface area contributed by atoms with Crippen LogP contribution in [-0.4, -0.2) is 18.1 Å². The Hall–Kier alpha value is -0.340. The second-order valence-corrected chi connectivity index (χ2v) is 1.76. The van der Waals surface area contributed by atoms with Gasteiger partial charge in [-0.3, -0.25) is 5.84 Å². The highest BCUT2D eigenvalue weighted by atomic mass is 15.4. The summed E-state index contributed by atoms with van der Waals surface area (Å²) in [4.78, 5) is 0. The first-order valence-electron chi connectivity index (χ1n) is 2.54. The maximum absolute atomic E-state index is 5.42. The third-order valence-corrected chi connectivity index (χ3v) is 1.09. The first-order chi connectivity index (χ1) is 3.39. The highest BCUT2D eigenvalue weighted by molar-refractivity contribution is 4.88. The predicted octanol–water partition coefficient (Wildman–Crippen LogP) is 0.122. The van der Waals surface area contributed by atoms with Crippen molar-refractivity contribution in [2.24, 2.45) is 5.84 Å². The molecule has 2 heteroatoms. The van der Waals surface area contributed by atoms with E-state index in [0.717, 1.165) is 19.5 Å². The van der Waals surface area contributed by atoms with Crippen molar-refractivity contribution < 1.29 is 0 Å². The van der Waals surface area contributed by atoms with Crippen LogP contribution >= 0.6 is 0 Å². The Bertz CT molecular complexity index is 78.1. The van der Waals surface area contributed by atoms with Crippen molar-refractivity contribution in [2.45, 2.75) is 6.42 Å². The molecule has 0 aromatic carbocycles. The SMILES string of the molecule is NN1CC=CCC1. The predicted molar refractivity (Wildman–Crippen MR) is 29.5 cm³/mol. The summed E-state index contributed by atoms with van der Waals surface area (Å²) in [5.41, 5.74) is 0. The fourth-order valence-corrected chi connectivity index (χ4v) is 0.659. The third-order valence-electron chi connectivity index (χ3n) is 1.09. The topological polar surface area (TPSA) is 29.3 Å². The van der Waals surface area contributed by atoms with Crippen molar-refractivity contribution in [3.05, 3.63) is 12.2 Å². The van der Waals surface area contributed by atoms with Crippen molar-refractivity contribution in [2.75, 3.05) is 13.1 Å².